The van der Waals surface area contributed by atoms with Crippen molar-refractivity contribution >= 4 is 5.91 Å². The second-order valence-corrected chi connectivity index (χ2v) is 6.57. The Labute approximate surface area is 148 Å². The maximum absolute atomic E-state index is 13.1. The van der Waals surface area contributed by atoms with Gasteiger partial charge in [0.05, 0.1) is 19.4 Å². The highest BCUT2D eigenvalue weighted by Crippen LogP contribution is 2.33. The van der Waals surface area contributed by atoms with Crippen LogP contribution in [0.25, 0.3) is 0 Å². The number of methoxy groups -OCH3 is 2. The van der Waals surface area contributed by atoms with Crippen LogP contribution in [0.5, 0.6) is 0 Å². The molecule has 2 aromatic rings. The third-order valence-corrected chi connectivity index (χ3v) is 4.81. The van der Waals surface area contributed by atoms with Crippen molar-refractivity contribution in [3.05, 3.63) is 53.3 Å². The first-order valence-electron chi connectivity index (χ1n) is 8.47. The summed E-state index contributed by atoms with van der Waals surface area (Å²) < 4.78 is 12.4. The van der Waals surface area contributed by atoms with Gasteiger partial charge in [0, 0.05) is 58.0 Å². The van der Waals surface area contributed by atoms with Gasteiger partial charge in [0.25, 0.3) is 5.91 Å². The number of ether oxygens (including phenoxy) is 2. The highest BCUT2D eigenvalue weighted by Gasteiger charge is 2.37. The minimum absolute atomic E-state index is 0.0557. The van der Waals surface area contributed by atoms with Gasteiger partial charge >= 0.3 is 0 Å². The average molecular weight is 343 g/mol. The molecule has 1 aromatic carbocycles. The summed E-state index contributed by atoms with van der Waals surface area (Å²) in [4.78, 5) is 15.0. The first-order valence-corrected chi connectivity index (χ1v) is 8.47. The van der Waals surface area contributed by atoms with Crippen molar-refractivity contribution in [3.63, 3.8) is 0 Å². The molecule has 1 saturated heterocycles. The van der Waals surface area contributed by atoms with Gasteiger partial charge in [0.1, 0.15) is 0 Å². The van der Waals surface area contributed by atoms with Crippen LogP contribution in [0.1, 0.15) is 27.4 Å². The van der Waals surface area contributed by atoms with E-state index in [0.29, 0.717) is 31.9 Å². The summed E-state index contributed by atoms with van der Waals surface area (Å²) in [7, 11) is 5.26. The summed E-state index contributed by atoms with van der Waals surface area (Å²) in [6.07, 6.45) is 3.92. The van der Waals surface area contributed by atoms with Crippen molar-refractivity contribution in [1.82, 2.24) is 14.7 Å². The maximum atomic E-state index is 13.1. The van der Waals surface area contributed by atoms with E-state index in [1.807, 2.05) is 48.6 Å². The molecule has 0 spiro atoms. The highest BCUT2D eigenvalue weighted by molar-refractivity contribution is 5.96. The summed E-state index contributed by atoms with van der Waals surface area (Å²) in [6, 6.07) is 7.65. The third-order valence-electron chi connectivity index (χ3n) is 4.81. The van der Waals surface area contributed by atoms with Gasteiger partial charge in [0.15, 0.2) is 0 Å². The lowest BCUT2D eigenvalue weighted by atomic mass is 9.92. The molecule has 0 aliphatic carbocycles. The molecule has 1 aliphatic heterocycles. The molecule has 1 aromatic heterocycles. The van der Waals surface area contributed by atoms with E-state index < -0.39 is 0 Å². The normalized spacial score (nSPS) is 20.2. The molecule has 0 N–H and O–H groups in total. The third kappa shape index (κ3) is 3.75. The van der Waals surface area contributed by atoms with Gasteiger partial charge in [0.2, 0.25) is 0 Å². The number of likely N-dealkylation sites (tertiary alicyclic amines) is 1. The van der Waals surface area contributed by atoms with Crippen molar-refractivity contribution in [2.45, 2.75) is 12.5 Å². The van der Waals surface area contributed by atoms with Gasteiger partial charge in [-0.15, -0.1) is 0 Å². The largest absolute Gasteiger partial charge is 0.384 e. The summed E-state index contributed by atoms with van der Waals surface area (Å²) in [6.45, 7) is 2.43. The average Bonchev–Trinajstić information content (AvgIpc) is 3.22. The number of aromatic nitrogens is 2. The van der Waals surface area contributed by atoms with Gasteiger partial charge in [-0.3, -0.25) is 9.48 Å². The lowest BCUT2D eigenvalue weighted by molar-refractivity contribution is 0.0770. The molecular weight excluding hydrogens is 318 g/mol. The monoisotopic (exact) mass is 343 g/mol. The first kappa shape index (κ1) is 17.6. The van der Waals surface area contributed by atoms with Crippen LogP contribution in [0.3, 0.4) is 0 Å². The Bertz CT molecular complexity index is 728. The summed E-state index contributed by atoms with van der Waals surface area (Å²) >= 11 is 0. The van der Waals surface area contributed by atoms with Gasteiger partial charge < -0.3 is 14.4 Å². The van der Waals surface area contributed by atoms with E-state index in [-0.39, 0.29) is 17.7 Å². The number of hydrogen-bond donors (Lipinski definition) is 0. The Morgan fingerprint density at radius 2 is 2.04 bits per heavy atom. The molecule has 0 saturated carbocycles. The predicted octanol–water partition coefficient (Wildman–Crippen LogP) is 2.07. The zero-order valence-electron chi connectivity index (χ0n) is 15.0. The molecule has 3 rings (SSSR count). The van der Waals surface area contributed by atoms with Crippen molar-refractivity contribution in [2.75, 3.05) is 33.9 Å². The highest BCUT2D eigenvalue weighted by atomic mass is 16.5. The molecular formula is C19H25N3O3. The van der Waals surface area contributed by atoms with Crippen molar-refractivity contribution < 1.29 is 14.3 Å². The van der Waals surface area contributed by atoms with Gasteiger partial charge in [-0.05, 0) is 17.2 Å². The number of amides is 1. The molecule has 6 nitrogen and oxygen atoms in total. The van der Waals surface area contributed by atoms with Crippen LogP contribution in [-0.4, -0.2) is 54.5 Å². The Balaban J connectivity index is 1.82. The van der Waals surface area contributed by atoms with E-state index in [2.05, 4.69) is 5.10 Å². The number of benzene rings is 1. The molecule has 6 heteroatoms. The molecule has 2 atom stereocenters. The van der Waals surface area contributed by atoms with Gasteiger partial charge in [-0.25, -0.2) is 0 Å². The molecule has 1 amide bonds. The predicted molar refractivity (Wildman–Crippen MR) is 94.4 cm³/mol. The van der Waals surface area contributed by atoms with Crippen LogP contribution in [0.4, 0.5) is 0 Å². The summed E-state index contributed by atoms with van der Waals surface area (Å²) in [5.41, 5.74) is 2.79. The number of carbonyl (C=O) groups is 1. The Kier molecular flexibility index (Phi) is 5.50. The lowest BCUT2D eigenvalue weighted by Gasteiger charge is -2.18. The number of nitrogens with zero attached hydrogens (tertiary/aromatic N) is 3. The fourth-order valence-electron chi connectivity index (χ4n) is 3.61. The van der Waals surface area contributed by atoms with Crippen LogP contribution in [-0.2, 0) is 23.1 Å². The fourth-order valence-corrected chi connectivity index (χ4v) is 3.61. The molecule has 25 heavy (non-hydrogen) atoms. The van der Waals surface area contributed by atoms with Crippen LogP contribution in [0.15, 0.2) is 36.7 Å². The van der Waals surface area contributed by atoms with Crippen molar-refractivity contribution in [2.24, 2.45) is 13.0 Å². The van der Waals surface area contributed by atoms with Crippen LogP contribution in [0.2, 0.25) is 0 Å². The van der Waals surface area contributed by atoms with Crippen molar-refractivity contribution in [1.29, 1.82) is 0 Å². The number of hydrogen-bond acceptors (Lipinski definition) is 4. The van der Waals surface area contributed by atoms with E-state index in [4.69, 9.17) is 9.47 Å². The fraction of sp³-hybridized carbons (Fsp3) is 0.474. The Hall–Kier alpha value is -2.18. The zero-order valence-corrected chi connectivity index (χ0v) is 15.0. The molecule has 134 valence electrons. The van der Waals surface area contributed by atoms with E-state index in [0.717, 1.165) is 11.1 Å². The zero-order chi connectivity index (χ0) is 17.8. The second-order valence-electron chi connectivity index (χ2n) is 6.57. The number of rotatable bonds is 6. The molecule has 1 aliphatic rings. The molecule has 0 bridgehead atoms. The van der Waals surface area contributed by atoms with Crippen LogP contribution in [0, 0.1) is 5.92 Å². The summed E-state index contributed by atoms with van der Waals surface area (Å²) in [5.74, 6) is 0.570. The molecule has 0 unspecified atom stereocenters. The van der Waals surface area contributed by atoms with Crippen molar-refractivity contribution in [3.8, 4) is 0 Å². The van der Waals surface area contributed by atoms with E-state index in [9.17, 15) is 4.79 Å². The lowest BCUT2D eigenvalue weighted by Crippen LogP contribution is -2.30. The van der Waals surface area contributed by atoms with Gasteiger partial charge in [-0.2, -0.15) is 5.10 Å². The number of carbonyl (C=O) groups excluding carboxylic acids is 1. The van der Waals surface area contributed by atoms with E-state index in [1.165, 1.54) is 0 Å². The smallest absolute Gasteiger partial charge is 0.254 e. The van der Waals surface area contributed by atoms with Gasteiger partial charge in [-0.1, -0.05) is 18.2 Å². The van der Waals surface area contributed by atoms with Crippen LogP contribution < -0.4 is 0 Å². The standard InChI is InChI=1S/C19H25N3O3/c1-21-9-15(8-20-21)18-11-22(10-16(18)13-25-3)19(23)17-7-5-4-6-14(17)12-24-2/h4-9,16,18H,10-13H2,1-3H3/t16-,18-/m0/s1. The molecule has 1 fully saturated rings. The molecule has 2 heterocycles. The Morgan fingerprint density at radius 1 is 1.24 bits per heavy atom. The molecule has 0 radical (unpaired) electrons. The topological polar surface area (TPSA) is 56.6 Å². The second kappa shape index (κ2) is 7.80. The minimum Gasteiger partial charge on any atom is -0.384 e. The van der Waals surface area contributed by atoms with E-state index >= 15 is 0 Å². The SMILES string of the molecule is COCc1ccccc1C(=O)N1C[C@@H](COC)[C@H](c2cnn(C)c2)C1. The Morgan fingerprint density at radius 3 is 2.72 bits per heavy atom. The first-order chi connectivity index (χ1) is 12.1. The minimum atomic E-state index is 0.0557. The summed E-state index contributed by atoms with van der Waals surface area (Å²) in [5, 5.41) is 4.28. The van der Waals surface area contributed by atoms with E-state index in [1.54, 1.807) is 18.9 Å². The number of aryl methyl sites for hydroxylation is 1. The maximum Gasteiger partial charge on any atom is 0.254 e. The quantitative estimate of drug-likeness (QED) is 0.806. The van der Waals surface area contributed by atoms with Crippen LogP contribution >= 0.6 is 0 Å².